The van der Waals surface area contributed by atoms with Crippen LogP contribution in [0.3, 0.4) is 0 Å². The molecule has 116 valence electrons. The summed E-state index contributed by atoms with van der Waals surface area (Å²) in [6.07, 6.45) is 0. The van der Waals surface area contributed by atoms with Gasteiger partial charge in [-0.2, -0.15) is 0 Å². The van der Waals surface area contributed by atoms with E-state index in [2.05, 4.69) is 4.99 Å². The number of fused-ring (bicyclic) bond motifs is 1. The van der Waals surface area contributed by atoms with Crippen LogP contribution < -0.4 is 5.36 Å². The fourth-order valence-electron chi connectivity index (χ4n) is 2.35. The topological polar surface area (TPSA) is 51.8 Å². The maximum Gasteiger partial charge on any atom is 0.327 e. The Morgan fingerprint density at radius 3 is 2.61 bits per heavy atom. The highest BCUT2D eigenvalue weighted by molar-refractivity contribution is 5.78. The van der Waals surface area contributed by atoms with Gasteiger partial charge in [0.1, 0.15) is 17.9 Å². The van der Waals surface area contributed by atoms with Gasteiger partial charge < -0.3 is 9.15 Å². The molecular formula is C19H17NO3. The first-order valence-electron chi connectivity index (χ1n) is 7.52. The van der Waals surface area contributed by atoms with Crippen LogP contribution in [0.5, 0.6) is 0 Å². The molecule has 0 amide bonds. The molecule has 0 saturated heterocycles. The van der Waals surface area contributed by atoms with Gasteiger partial charge in [-0.3, -0.25) is 9.79 Å². The van der Waals surface area contributed by atoms with E-state index in [0.717, 1.165) is 21.9 Å². The summed E-state index contributed by atoms with van der Waals surface area (Å²) in [6.45, 7) is 2.13. The monoisotopic (exact) mass is 307 g/mol. The van der Waals surface area contributed by atoms with Crippen LogP contribution in [0.1, 0.15) is 6.92 Å². The van der Waals surface area contributed by atoms with Crippen LogP contribution in [0.15, 0.2) is 70.1 Å². The number of hydrogen-bond acceptors (Lipinski definition) is 4. The molecule has 0 N–H and O–H groups in total. The molecule has 0 radical (unpaired) electrons. The zero-order chi connectivity index (χ0) is 16.1. The number of rotatable bonds is 4. The van der Waals surface area contributed by atoms with E-state index in [9.17, 15) is 4.79 Å². The van der Waals surface area contributed by atoms with E-state index >= 15 is 0 Å². The Bertz CT molecular complexity index is 882. The van der Waals surface area contributed by atoms with Gasteiger partial charge in [-0.15, -0.1) is 0 Å². The highest BCUT2D eigenvalue weighted by atomic mass is 16.5. The average molecular weight is 307 g/mol. The Hall–Kier alpha value is -2.88. The van der Waals surface area contributed by atoms with Crippen molar-refractivity contribution in [3.63, 3.8) is 0 Å². The molecule has 1 heterocycles. The van der Waals surface area contributed by atoms with Gasteiger partial charge in [-0.25, -0.2) is 0 Å². The predicted molar refractivity (Wildman–Crippen MR) is 88.7 cm³/mol. The SMILES string of the molecule is CCOC(=O)CN=c1cc(-c2ccccc2)oc2ccccc12. The van der Waals surface area contributed by atoms with Gasteiger partial charge in [0.2, 0.25) is 0 Å². The zero-order valence-corrected chi connectivity index (χ0v) is 12.9. The first kappa shape index (κ1) is 15.0. The van der Waals surface area contributed by atoms with Gasteiger partial charge in [0.15, 0.2) is 0 Å². The standard InChI is InChI=1S/C19H17NO3/c1-2-22-19(21)13-20-16-12-18(14-8-4-3-5-9-14)23-17-11-7-6-10-15(16)17/h3-12H,2,13H2,1H3. The maximum absolute atomic E-state index is 11.6. The Kier molecular flexibility index (Phi) is 4.52. The Morgan fingerprint density at radius 1 is 1.09 bits per heavy atom. The second-order valence-corrected chi connectivity index (χ2v) is 4.98. The molecule has 4 heteroatoms. The summed E-state index contributed by atoms with van der Waals surface area (Å²) in [4.78, 5) is 16.0. The van der Waals surface area contributed by atoms with Crippen molar-refractivity contribution in [1.82, 2.24) is 0 Å². The van der Waals surface area contributed by atoms with Crippen LogP contribution in [-0.2, 0) is 9.53 Å². The third-order valence-electron chi connectivity index (χ3n) is 3.39. The van der Waals surface area contributed by atoms with Gasteiger partial charge in [-0.1, -0.05) is 42.5 Å². The minimum Gasteiger partial charge on any atom is -0.465 e. The first-order valence-corrected chi connectivity index (χ1v) is 7.52. The summed E-state index contributed by atoms with van der Waals surface area (Å²) in [5, 5.41) is 1.59. The highest BCUT2D eigenvalue weighted by Crippen LogP contribution is 2.21. The number of nitrogens with zero attached hydrogens (tertiary/aromatic N) is 1. The van der Waals surface area contributed by atoms with Crippen molar-refractivity contribution in [2.75, 3.05) is 13.2 Å². The van der Waals surface area contributed by atoms with Gasteiger partial charge in [0, 0.05) is 17.0 Å². The molecule has 0 aliphatic heterocycles. The van der Waals surface area contributed by atoms with E-state index in [1.807, 2.05) is 60.7 Å². The lowest BCUT2D eigenvalue weighted by Crippen LogP contribution is -2.12. The van der Waals surface area contributed by atoms with Gasteiger partial charge in [-0.05, 0) is 19.1 Å². The smallest absolute Gasteiger partial charge is 0.327 e. The van der Waals surface area contributed by atoms with Gasteiger partial charge in [0.05, 0.1) is 12.0 Å². The summed E-state index contributed by atoms with van der Waals surface area (Å²) in [5.41, 5.74) is 1.70. The molecule has 0 unspecified atom stereocenters. The molecule has 4 nitrogen and oxygen atoms in total. The number of ether oxygens (including phenoxy) is 1. The fourth-order valence-corrected chi connectivity index (χ4v) is 2.35. The summed E-state index contributed by atoms with van der Waals surface area (Å²) in [6, 6.07) is 19.3. The quantitative estimate of drug-likeness (QED) is 0.692. The molecule has 0 atom stereocenters. The largest absolute Gasteiger partial charge is 0.465 e. The summed E-state index contributed by atoms with van der Waals surface area (Å²) >= 11 is 0. The first-order chi connectivity index (χ1) is 11.3. The predicted octanol–water partition coefficient (Wildman–Crippen LogP) is 3.56. The number of benzene rings is 2. The van der Waals surface area contributed by atoms with Crippen molar-refractivity contribution in [2.45, 2.75) is 6.92 Å². The summed E-state index contributed by atoms with van der Waals surface area (Å²) < 4.78 is 10.9. The molecule has 3 rings (SSSR count). The minimum atomic E-state index is -0.335. The second kappa shape index (κ2) is 6.92. The molecule has 0 bridgehead atoms. The maximum atomic E-state index is 11.6. The number of esters is 1. The number of carbonyl (C=O) groups excluding carboxylic acids is 1. The van der Waals surface area contributed by atoms with Crippen molar-refractivity contribution in [2.24, 2.45) is 4.99 Å². The number of hydrogen-bond donors (Lipinski definition) is 0. The van der Waals surface area contributed by atoms with Crippen molar-refractivity contribution >= 4 is 16.9 Å². The summed E-state index contributed by atoms with van der Waals surface area (Å²) in [7, 11) is 0. The van der Waals surface area contributed by atoms with E-state index < -0.39 is 0 Å². The molecule has 0 aliphatic carbocycles. The molecule has 2 aromatic carbocycles. The number of para-hydroxylation sites is 1. The lowest BCUT2D eigenvalue weighted by Gasteiger charge is -2.05. The minimum absolute atomic E-state index is 0.00389. The van der Waals surface area contributed by atoms with E-state index in [0.29, 0.717) is 12.4 Å². The number of carbonyl (C=O) groups is 1. The third-order valence-corrected chi connectivity index (χ3v) is 3.39. The van der Waals surface area contributed by atoms with Gasteiger partial charge >= 0.3 is 5.97 Å². The van der Waals surface area contributed by atoms with E-state index in [1.165, 1.54) is 0 Å². The van der Waals surface area contributed by atoms with E-state index in [-0.39, 0.29) is 12.5 Å². The van der Waals surface area contributed by atoms with Gasteiger partial charge in [0.25, 0.3) is 0 Å². The molecule has 3 aromatic rings. The Labute approximate surface area is 134 Å². The van der Waals surface area contributed by atoms with Crippen LogP contribution in [-0.4, -0.2) is 19.1 Å². The molecule has 0 saturated carbocycles. The molecule has 23 heavy (non-hydrogen) atoms. The van der Waals surface area contributed by atoms with Crippen molar-refractivity contribution in [3.8, 4) is 11.3 Å². The molecular weight excluding hydrogens is 290 g/mol. The van der Waals surface area contributed by atoms with Crippen LogP contribution >= 0.6 is 0 Å². The Morgan fingerprint density at radius 2 is 1.83 bits per heavy atom. The lowest BCUT2D eigenvalue weighted by molar-refractivity contribution is -0.141. The van der Waals surface area contributed by atoms with Crippen LogP contribution in [0.25, 0.3) is 22.3 Å². The zero-order valence-electron chi connectivity index (χ0n) is 12.9. The molecule has 0 aliphatic rings. The van der Waals surface area contributed by atoms with Crippen molar-refractivity contribution in [3.05, 3.63) is 66.0 Å². The Balaban J connectivity index is 2.11. The van der Waals surface area contributed by atoms with E-state index in [1.54, 1.807) is 6.92 Å². The van der Waals surface area contributed by atoms with Crippen LogP contribution in [0.2, 0.25) is 0 Å². The fraction of sp³-hybridized carbons (Fsp3) is 0.158. The van der Waals surface area contributed by atoms with Crippen molar-refractivity contribution in [1.29, 1.82) is 0 Å². The average Bonchev–Trinajstić information content (AvgIpc) is 2.60. The normalized spacial score (nSPS) is 11.6. The van der Waals surface area contributed by atoms with Crippen molar-refractivity contribution < 1.29 is 13.9 Å². The van der Waals surface area contributed by atoms with Crippen LogP contribution in [0, 0.1) is 0 Å². The molecule has 0 fully saturated rings. The molecule has 0 spiro atoms. The second-order valence-electron chi connectivity index (χ2n) is 4.98. The third kappa shape index (κ3) is 3.48. The highest BCUT2D eigenvalue weighted by Gasteiger charge is 2.06. The van der Waals surface area contributed by atoms with E-state index in [4.69, 9.17) is 9.15 Å². The van der Waals surface area contributed by atoms with Crippen LogP contribution in [0.4, 0.5) is 0 Å². The molecule has 1 aromatic heterocycles. The lowest BCUT2D eigenvalue weighted by atomic mass is 10.1. The summed E-state index contributed by atoms with van der Waals surface area (Å²) in [5.74, 6) is 0.380.